The molecule has 2 aromatic rings. The van der Waals surface area contributed by atoms with Gasteiger partial charge in [0.1, 0.15) is 18.1 Å². The van der Waals surface area contributed by atoms with Gasteiger partial charge in [0.2, 0.25) is 0 Å². The van der Waals surface area contributed by atoms with E-state index >= 15 is 0 Å². The van der Waals surface area contributed by atoms with Gasteiger partial charge >= 0.3 is 0 Å². The zero-order valence-electron chi connectivity index (χ0n) is 11.9. The molecule has 0 amide bonds. The number of rotatable bonds is 7. The molecule has 0 heterocycles. The molecule has 0 bridgehead atoms. The quantitative estimate of drug-likeness (QED) is 0.631. The van der Waals surface area contributed by atoms with Gasteiger partial charge in [0.05, 0.1) is 12.5 Å². The van der Waals surface area contributed by atoms with Gasteiger partial charge in [-0.3, -0.25) is 0 Å². The van der Waals surface area contributed by atoms with E-state index in [0.717, 1.165) is 34.1 Å². The minimum atomic E-state index is 0.407. The molecule has 0 spiro atoms. The van der Waals surface area contributed by atoms with Crippen LogP contribution in [0.25, 0.3) is 0 Å². The maximum atomic E-state index is 5.95. The van der Waals surface area contributed by atoms with Crippen LogP contribution >= 0.6 is 23.2 Å². The molecule has 21 heavy (non-hydrogen) atoms. The van der Waals surface area contributed by atoms with Crippen molar-refractivity contribution in [2.24, 2.45) is 0 Å². The molecule has 0 atom stereocenters. The standard InChI is InChI=1S/C17H18Cl2O2/c1-2-9-20-16-8-5-14(11-18)17(10-16)21-12-13-3-6-15(19)7-4-13/h3-8,10H,2,9,11-12H2,1H3. The third-order valence-electron chi connectivity index (χ3n) is 2.96. The van der Waals surface area contributed by atoms with Crippen molar-refractivity contribution in [2.45, 2.75) is 25.8 Å². The maximum absolute atomic E-state index is 5.95. The molecule has 2 nitrogen and oxygen atoms in total. The lowest BCUT2D eigenvalue weighted by molar-refractivity contribution is 0.293. The molecule has 0 radical (unpaired) electrons. The van der Waals surface area contributed by atoms with Crippen LogP contribution in [0.3, 0.4) is 0 Å². The van der Waals surface area contributed by atoms with Crippen LogP contribution in [0.4, 0.5) is 0 Å². The van der Waals surface area contributed by atoms with Gasteiger partial charge in [-0.15, -0.1) is 11.6 Å². The first-order valence-corrected chi connectivity index (χ1v) is 7.83. The Labute approximate surface area is 135 Å². The average Bonchev–Trinajstić information content (AvgIpc) is 2.52. The average molecular weight is 325 g/mol. The van der Waals surface area contributed by atoms with E-state index in [2.05, 4.69) is 6.92 Å². The Hall–Kier alpha value is -1.38. The molecule has 0 aliphatic rings. The molecule has 4 heteroatoms. The van der Waals surface area contributed by atoms with E-state index in [1.54, 1.807) is 0 Å². The van der Waals surface area contributed by atoms with Gasteiger partial charge in [-0.1, -0.05) is 36.7 Å². The van der Waals surface area contributed by atoms with Crippen LogP contribution in [0.15, 0.2) is 42.5 Å². The van der Waals surface area contributed by atoms with Crippen molar-refractivity contribution in [3.63, 3.8) is 0 Å². The molecule has 0 saturated heterocycles. The fraction of sp³-hybridized carbons (Fsp3) is 0.294. The van der Waals surface area contributed by atoms with Crippen molar-refractivity contribution in [3.8, 4) is 11.5 Å². The first-order chi connectivity index (χ1) is 10.2. The smallest absolute Gasteiger partial charge is 0.127 e. The van der Waals surface area contributed by atoms with Crippen LogP contribution in [0.1, 0.15) is 24.5 Å². The molecule has 112 valence electrons. The second kappa shape index (κ2) is 8.16. The van der Waals surface area contributed by atoms with Crippen LogP contribution in [-0.4, -0.2) is 6.61 Å². The van der Waals surface area contributed by atoms with E-state index in [9.17, 15) is 0 Å². The summed E-state index contributed by atoms with van der Waals surface area (Å²) in [7, 11) is 0. The monoisotopic (exact) mass is 324 g/mol. The van der Waals surface area contributed by atoms with Crippen molar-refractivity contribution >= 4 is 23.2 Å². The molecule has 0 saturated carbocycles. The predicted molar refractivity (Wildman–Crippen MR) is 87.6 cm³/mol. The summed E-state index contributed by atoms with van der Waals surface area (Å²) >= 11 is 11.8. The number of halogens is 2. The van der Waals surface area contributed by atoms with Crippen LogP contribution in [0, 0.1) is 0 Å². The molecule has 0 aromatic heterocycles. The van der Waals surface area contributed by atoms with Gasteiger partial charge in [-0.25, -0.2) is 0 Å². The second-order valence-electron chi connectivity index (χ2n) is 4.67. The molecule has 2 aromatic carbocycles. The van der Waals surface area contributed by atoms with Gasteiger partial charge in [0.25, 0.3) is 0 Å². The molecule has 0 aliphatic carbocycles. The lowest BCUT2D eigenvalue weighted by atomic mass is 10.2. The zero-order chi connectivity index (χ0) is 15.1. The predicted octanol–water partition coefficient (Wildman–Crippen LogP) is 5.45. The van der Waals surface area contributed by atoms with Crippen LogP contribution in [-0.2, 0) is 12.5 Å². The highest BCUT2D eigenvalue weighted by Gasteiger charge is 2.06. The molecular weight excluding hydrogens is 307 g/mol. The van der Waals surface area contributed by atoms with Crippen molar-refractivity contribution in [1.29, 1.82) is 0 Å². The molecule has 0 aliphatic heterocycles. The van der Waals surface area contributed by atoms with Gasteiger partial charge in [-0.05, 0) is 30.2 Å². The number of benzene rings is 2. The van der Waals surface area contributed by atoms with Crippen molar-refractivity contribution in [1.82, 2.24) is 0 Å². The number of hydrogen-bond acceptors (Lipinski definition) is 2. The van der Waals surface area contributed by atoms with E-state index in [1.165, 1.54) is 0 Å². The van der Waals surface area contributed by atoms with Crippen LogP contribution in [0.5, 0.6) is 11.5 Å². The minimum Gasteiger partial charge on any atom is -0.493 e. The fourth-order valence-corrected chi connectivity index (χ4v) is 2.18. The zero-order valence-corrected chi connectivity index (χ0v) is 13.5. The summed E-state index contributed by atoms with van der Waals surface area (Å²) in [5, 5.41) is 0.718. The van der Waals surface area contributed by atoms with Crippen molar-refractivity contribution in [3.05, 3.63) is 58.6 Å². The van der Waals surface area contributed by atoms with E-state index in [0.29, 0.717) is 19.1 Å². The normalized spacial score (nSPS) is 10.4. The second-order valence-corrected chi connectivity index (χ2v) is 5.37. The topological polar surface area (TPSA) is 18.5 Å². The number of alkyl halides is 1. The van der Waals surface area contributed by atoms with Crippen LogP contribution < -0.4 is 9.47 Å². The van der Waals surface area contributed by atoms with E-state index in [1.807, 2.05) is 42.5 Å². The Bertz CT molecular complexity index is 568. The Kier molecular flexibility index (Phi) is 6.21. The van der Waals surface area contributed by atoms with Crippen LogP contribution in [0.2, 0.25) is 5.02 Å². The molecule has 0 N–H and O–H groups in total. The summed E-state index contributed by atoms with van der Waals surface area (Å²) in [4.78, 5) is 0. The van der Waals surface area contributed by atoms with E-state index in [-0.39, 0.29) is 0 Å². The highest BCUT2D eigenvalue weighted by Crippen LogP contribution is 2.27. The first-order valence-electron chi connectivity index (χ1n) is 6.92. The summed E-state index contributed by atoms with van der Waals surface area (Å²) in [5.41, 5.74) is 2.01. The summed E-state index contributed by atoms with van der Waals surface area (Å²) in [6, 6.07) is 13.3. The Morgan fingerprint density at radius 3 is 2.43 bits per heavy atom. The lowest BCUT2D eigenvalue weighted by Crippen LogP contribution is -2.00. The Balaban J connectivity index is 2.07. The highest BCUT2D eigenvalue weighted by atomic mass is 35.5. The number of hydrogen-bond donors (Lipinski definition) is 0. The minimum absolute atomic E-state index is 0.407. The third kappa shape index (κ3) is 4.83. The summed E-state index contributed by atoms with van der Waals surface area (Å²) < 4.78 is 11.5. The van der Waals surface area contributed by atoms with Crippen molar-refractivity contribution in [2.75, 3.05) is 6.61 Å². The Morgan fingerprint density at radius 2 is 1.76 bits per heavy atom. The lowest BCUT2D eigenvalue weighted by Gasteiger charge is -2.12. The largest absolute Gasteiger partial charge is 0.493 e. The maximum Gasteiger partial charge on any atom is 0.127 e. The van der Waals surface area contributed by atoms with Gasteiger partial charge < -0.3 is 9.47 Å². The van der Waals surface area contributed by atoms with Gasteiger partial charge in [0.15, 0.2) is 0 Å². The summed E-state index contributed by atoms with van der Waals surface area (Å²) in [6.07, 6.45) is 0.970. The molecule has 0 fully saturated rings. The highest BCUT2D eigenvalue weighted by molar-refractivity contribution is 6.30. The van der Waals surface area contributed by atoms with E-state index < -0.39 is 0 Å². The molecule has 2 rings (SSSR count). The van der Waals surface area contributed by atoms with E-state index in [4.69, 9.17) is 32.7 Å². The van der Waals surface area contributed by atoms with Gasteiger partial charge in [0, 0.05) is 16.7 Å². The Morgan fingerprint density at radius 1 is 1.00 bits per heavy atom. The summed E-state index contributed by atoms with van der Waals surface area (Å²) in [6.45, 7) is 3.24. The number of ether oxygens (including phenoxy) is 2. The molecular formula is C17H18Cl2O2. The fourth-order valence-electron chi connectivity index (χ4n) is 1.83. The summed E-state index contributed by atoms with van der Waals surface area (Å²) in [5.74, 6) is 1.97. The first kappa shape index (κ1) is 16.0. The van der Waals surface area contributed by atoms with Gasteiger partial charge in [-0.2, -0.15) is 0 Å². The molecule has 0 unspecified atom stereocenters. The van der Waals surface area contributed by atoms with Crippen molar-refractivity contribution < 1.29 is 9.47 Å². The SMILES string of the molecule is CCCOc1ccc(CCl)c(OCc2ccc(Cl)cc2)c1. The third-order valence-corrected chi connectivity index (χ3v) is 3.50.